The Morgan fingerprint density at radius 1 is 1.00 bits per heavy atom. The van der Waals surface area contributed by atoms with Crippen LogP contribution in [0.4, 0.5) is 0 Å². The van der Waals surface area contributed by atoms with Gasteiger partial charge in [-0.25, -0.2) is 0 Å². The first kappa shape index (κ1) is 32.0. The van der Waals surface area contributed by atoms with Gasteiger partial charge in [0, 0.05) is 36.5 Å². The van der Waals surface area contributed by atoms with Crippen molar-refractivity contribution in [1.29, 1.82) is 0 Å². The zero-order valence-corrected chi connectivity index (χ0v) is 3.22. The molecule has 4 heavy (non-hydrogen) atoms. The summed E-state index contributed by atoms with van der Waals surface area (Å²) < 4.78 is 0. The molecule has 0 bridgehead atoms. The van der Waals surface area contributed by atoms with E-state index in [9.17, 15) is 0 Å². The van der Waals surface area contributed by atoms with E-state index in [1.165, 1.54) is 0 Å². The summed E-state index contributed by atoms with van der Waals surface area (Å²) in [6.45, 7) is 0. The van der Waals surface area contributed by atoms with Crippen molar-refractivity contribution in [1.82, 2.24) is 0 Å². The fraction of sp³-hybridized carbons (Fsp3) is 0. The molecular formula is H5AlCuMgRh. The summed E-state index contributed by atoms with van der Waals surface area (Å²) in [6, 6.07) is 0. The summed E-state index contributed by atoms with van der Waals surface area (Å²) in [5, 5.41) is 0. The van der Waals surface area contributed by atoms with E-state index >= 15 is 0 Å². The normalized spacial score (nSPS) is 0. The van der Waals surface area contributed by atoms with E-state index in [2.05, 4.69) is 0 Å². The van der Waals surface area contributed by atoms with Gasteiger partial charge < -0.3 is 0 Å². The molecule has 0 aliphatic heterocycles. The van der Waals surface area contributed by atoms with Crippen molar-refractivity contribution in [3.8, 4) is 0 Å². The summed E-state index contributed by atoms with van der Waals surface area (Å²) in [5.41, 5.74) is 0. The predicted octanol–water partition coefficient (Wildman–Crippen LogP) is -2.11. The fourth-order valence-corrected chi connectivity index (χ4v) is 0. The van der Waals surface area contributed by atoms with E-state index < -0.39 is 0 Å². The van der Waals surface area contributed by atoms with Crippen molar-refractivity contribution in [2.24, 2.45) is 0 Å². The van der Waals surface area contributed by atoms with Gasteiger partial charge in [0.25, 0.3) is 0 Å². The van der Waals surface area contributed by atoms with E-state index in [-0.39, 0.29) is 77.0 Å². The minimum Gasteiger partial charge on any atom is 0 e. The van der Waals surface area contributed by atoms with Gasteiger partial charge in [0.05, 0.1) is 0 Å². The summed E-state index contributed by atoms with van der Waals surface area (Å²) in [7, 11) is 0. The SMILES string of the molecule is [AlH3].[Cu].[MgH2].[Rh]. The van der Waals surface area contributed by atoms with Crippen LogP contribution in [0, 0.1) is 0 Å². The molecule has 0 aromatic rings. The van der Waals surface area contributed by atoms with E-state index in [4.69, 9.17) is 0 Å². The summed E-state index contributed by atoms with van der Waals surface area (Å²) in [5.74, 6) is 0. The average molecular weight is 223 g/mol. The van der Waals surface area contributed by atoms with Crippen LogP contribution in [0.2, 0.25) is 0 Å². The molecule has 2 radical (unpaired) electrons. The van der Waals surface area contributed by atoms with Crippen molar-refractivity contribution >= 4 is 40.4 Å². The third-order valence-corrected chi connectivity index (χ3v) is 0. The molecule has 0 atom stereocenters. The molecule has 4 heteroatoms. The molecule has 0 saturated heterocycles. The molecule has 0 N–H and O–H groups in total. The zero-order valence-electron chi connectivity index (χ0n) is 0.635. The minimum atomic E-state index is 0. The van der Waals surface area contributed by atoms with Crippen LogP contribution < -0.4 is 0 Å². The molecular weight excluding hydrogens is 218 g/mol. The Morgan fingerprint density at radius 3 is 1.00 bits per heavy atom. The van der Waals surface area contributed by atoms with Gasteiger partial charge in [-0.1, -0.05) is 0 Å². The molecule has 0 amide bonds. The second kappa shape index (κ2) is 18.0. The van der Waals surface area contributed by atoms with E-state index in [0.29, 0.717) is 0 Å². The molecule has 0 saturated carbocycles. The van der Waals surface area contributed by atoms with Crippen molar-refractivity contribution in [2.75, 3.05) is 0 Å². The molecule has 0 heterocycles. The fourth-order valence-electron chi connectivity index (χ4n) is 0. The molecule has 0 aromatic heterocycles. The third-order valence-electron chi connectivity index (χ3n) is 0. The Balaban J connectivity index is 0. The summed E-state index contributed by atoms with van der Waals surface area (Å²) in [4.78, 5) is 0. The molecule has 0 aliphatic carbocycles. The molecule has 0 spiro atoms. The van der Waals surface area contributed by atoms with Crippen LogP contribution in [0.1, 0.15) is 0 Å². The second-order valence-corrected chi connectivity index (χ2v) is 0. The molecule has 0 fully saturated rings. The summed E-state index contributed by atoms with van der Waals surface area (Å²) >= 11 is 0. The number of rotatable bonds is 0. The van der Waals surface area contributed by atoms with Gasteiger partial charge >= 0.3 is 23.1 Å². The smallest absolute Gasteiger partial charge is 0 e. The first-order valence-electron chi connectivity index (χ1n) is 0. The van der Waals surface area contributed by atoms with Gasteiger partial charge in [-0.15, -0.1) is 0 Å². The molecule has 30 valence electrons. The molecule has 0 aromatic carbocycles. The molecule has 0 aliphatic rings. The predicted molar refractivity (Wildman–Crippen MR) is 18.5 cm³/mol. The average Bonchev–Trinajstić information content (AvgIpc) is 0. The van der Waals surface area contributed by atoms with Crippen LogP contribution in [0.3, 0.4) is 0 Å². The van der Waals surface area contributed by atoms with Crippen LogP contribution in [-0.4, -0.2) is 40.4 Å². The van der Waals surface area contributed by atoms with Crippen LogP contribution in [0.15, 0.2) is 0 Å². The molecule has 0 unspecified atom stereocenters. The quantitative estimate of drug-likeness (QED) is 0.412. The van der Waals surface area contributed by atoms with Crippen LogP contribution in [-0.2, 0) is 36.5 Å². The van der Waals surface area contributed by atoms with Gasteiger partial charge in [-0.05, 0) is 0 Å². The van der Waals surface area contributed by atoms with Gasteiger partial charge in [0.2, 0.25) is 0 Å². The Labute approximate surface area is 76.0 Å². The standard InChI is InChI=1S/Al.Cu.Mg.Rh.5H. The van der Waals surface area contributed by atoms with Gasteiger partial charge in [0.1, 0.15) is 0 Å². The topological polar surface area (TPSA) is 0 Å². The maximum Gasteiger partial charge on any atom is 0.316 e. The Bertz CT molecular complexity index is 8.00. The van der Waals surface area contributed by atoms with Crippen molar-refractivity contribution in [3.63, 3.8) is 0 Å². The molecule has 0 rings (SSSR count). The van der Waals surface area contributed by atoms with Crippen molar-refractivity contribution < 1.29 is 36.5 Å². The van der Waals surface area contributed by atoms with E-state index in [1.807, 2.05) is 0 Å². The Morgan fingerprint density at radius 2 is 1.00 bits per heavy atom. The largest absolute Gasteiger partial charge is 0.316 e. The number of hydrogen-bond donors (Lipinski definition) is 0. The third kappa shape index (κ3) is 8.82. The molecule has 0 nitrogen and oxygen atoms in total. The zero-order chi connectivity index (χ0) is 0. The Hall–Kier alpha value is 2.44. The van der Waals surface area contributed by atoms with Crippen LogP contribution in [0.25, 0.3) is 0 Å². The van der Waals surface area contributed by atoms with Crippen LogP contribution in [0.5, 0.6) is 0 Å². The van der Waals surface area contributed by atoms with Crippen molar-refractivity contribution in [3.05, 3.63) is 0 Å². The Kier molecular flexibility index (Phi) is 144. The van der Waals surface area contributed by atoms with Crippen molar-refractivity contribution in [2.45, 2.75) is 0 Å². The first-order valence-corrected chi connectivity index (χ1v) is 0. The van der Waals surface area contributed by atoms with Gasteiger partial charge in [0.15, 0.2) is 17.4 Å². The number of hydrogen-bond acceptors (Lipinski definition) is 0. The van der Waals surface area contributed by atoms with Gasteiger partial charge in [-0.3, -0.25) is 0 Å². The van der Waals surface area contributed by atoms with Crippen LogP contribution >= 0.6 is 0 Å². The summed E-state index contributed by atoms with van der Waals surface area (Å²) in [6.07, 6.45) is 0. The van der Waals surface area contributed by atoms with E-state index in [0.717, 1.165) is 0 Å². The minimum absolute atomic E-state index is 0. The maximum atomic E-state index is 0. The maximum absolute atomic E-state index is 0. The van der Waals surface area contributed by atoms with E-state index in [1.54, 1.807) is 0 Å². The monoisotopic (exact) mass is 222 g/mol. The van der Waals surface area contributed by atoms with Gasteiger partial charge in [-0.2, -0.15) is 0 Å². The second-order valence-electron chi connectivity index (χ2n) is 0. The first-order chi connectivity index (χ1) is 0.